The molecule has 1 aromatic heterocycles. The molecule has 0 fully saturated rings. The molecule has 0 aliphatic rings. The Morgan fingerprint density at radius 3 is 3.07 bits per heavy atom. The van der Waals surface area contributed by atoms with Crippen LogP contribution in [-0.2, 0) is 22.6 Å². The zero-order chi connectivity index (χ0) is 10.9. The molecule has 1 aromatic rings. The molecule has 0 atom stereocenters. The molecule has 0 aliphatic heterocycles. The Bertz CT molecular complexity index is 265. The molecule has 0 bridgehead atoms. The van der Waals surface area contributed by atoms with Crippen LogP contribution in [0.3, 0.4) is 0 Å². The van der Waals surface area contributed by atoms with Gasteiger partial charge in [0.05, 0.1) is 13.2 Å². The summed E-state index contributed by atoms with van der Waals surface area (Å²) in [5.74, 6) is 1.15. The third-order valence-corrected chi connectivity index (χ3v) is 1.70. The van der Waals surface area contributed by atoms with E-state index in [-0.39, 0.29) is 0 Å². The van der Waals surface area contributed by atoms with Gasteiger partial charge < -0.3 is 19.3 Å². The van der Waals surface area contributed by atoms with Gasteiger partial charge in [0.2, 0.25) is 5.89 Å². The zero-order valence-electron chi connectivity index (χ0n) is 9.15. The molecule has 0 unspecified atom stereocenters. The lowest BCUT2D eigenvalue weighted by atomic mass is 10.5. The van der Waals surface area contributed by atoms with E-state index in [1.54, 1.807) is 7.11 Å². The van der Waals surface area contributed by atoms with Crippen molar-refractivity contribution in [3.63, 3.8) is 0 Å². The number of hydrogen-bond acceptors (Lipinski definition) is 6. The predicted octanol–water partition coefficient (Wildman–Crippen LogP) is 0.342. The Morgan fingerprint density at radius 1 is 1.47 bits per heavy atom. The average molecular weight is 215 g/mol. The molecular weight excluding hydrogens is 198 g/mol. The summed E-state index contributed by atoms with van der Waals surface area (Å²) >= 11 is 0. The number of methoxy groups -OCH3 is 1. The molecule has 6 nitrogen and oxygen atoms in total. The molecular formula is C9H17N3O3. The molecule has 86 valence electrons. The van der Waals surface area contributed by atoms with E-state index in [1.807, 2.05) is 6.92 Å². The van der Waals surface area contributed by atoms with Gasteiger partial charge in [-0.15, -0.1) is 0 Å². The topological polar surface area (TPSA) is 69.4 Å². The van der Waals surface area contributed by atoms with Gasteiger partial charge in [0.25, 0.3) is 0 Å². The lowest BCUT2D eigenvalue weighted by Crippen LogP contribution is -2.18. The van der Waals surface area contributed by atoms with Crippen LogP contribution in [0.5, 0.6) is 0 Å². The minimum absolute atomic E-state index is 0.401. The molecule has 0 spiro atoms. The van der Waals surface area contributed by atoms with Crippen LogP contribution in [0, 0.1) is 0 Å². The summed E-state index contributed by atoms with van der Waals surface area (Å²) in [7, 11) is 1.66. The van der Waals surface area contributed by atoms with Crippen molar-refractivity contribution in [3.8, 4) is 0 Å². The lowest BCUT2D eigenvalue weighted by molar-refractivity contribution is 0.126. The van der Waals surface area contributed by atoms with Crippen LogP contribution in [-0.4, -0.2) is 37.0 Å². The summed E-state index contributed by atoms with van der Waals surface area (Å²) in [6.07, 6.45) is 0. The van der Waals surface area contributed by atoms with Crippen molar-refractivity contribution in [2.24, 2.45) is 0 Å². The first-order valence-electron chi connectivity index (χ1n) is 4.95. The van der Waals surface area contributed by atoms with Crippen LogP contribution in [0.25, 0.3) is 0 Å². The van der Waals surface area contributed by atoms with Gasteiger partial charge in [-0.25, -0.2) is 0 Å². The van der Waals surface area contributed by atoms with Gasteiger partial charge in [0.1, 0.15) is 6.61 Å². The Morgan fingerprint density at radius 2 is 2.33 bits per heavy atom. The minimum Gasteiger partial charge on any atom is -0.383 e. The summed E-state index contributed by atoms with van der Waals surface area (Å²) in [6.45, 7) is 4.96. The highest BCUT2D eigenvalue weighted by molar-refractivity contribution is 4.83. The predicted molar refractivity (Wildman–Crippen MR) is 53.2 cm³/mol. The van der Waals surface area contributed by atoms with E-state index in [4.69, 9.17) is 14.0 Å². The number of nitrogens with zero attached hydrogens (tertiary/aromatic N) is 2. The maximum absolute atomic E-state index is 5.15. The number of rotatable bonds is 8. The fourth-order valence-electron chi connectivity index (χ4n) is 0.983. The van der Waals surface area contributed by atoms with Crippen LogP contribution < -0.4 is 5.32 Å². The summed E-state index contributed by atoms with van der Waals surface area (Å²) in [6, 6.07) is 0. The van der Waals surface area contributed by atoms with Crippen molar-refractivity contribution in [1.82, 2.24) is 15.5 Å². The molecule has 0 saturated carbocycles. The highest BCUT2D eigenvalue weighted by Crippen LogP contribution is 1.98. The Labute approximate surface area is 88.9 Å². The van der Waals surface area contributed by atoms with E-state index in [9.17, 15) is 0 Å². The molecule has 0 aliphatic carbocycles. The first-order chi connectivity index (χ1) is 7.36. The van der Waals surface area contributed by atoms with Crippen LogP contribution in [0.1, 0.15) is 18.6 Å². The monoisotopic (exact) mass is 215 g/mol. The van der Waals surface area contributed by atoms with E-state index < -0.39 is 0 Å². The van der Waals surface area contributed by atoms with Crippen LogP contribution in [0.15, 0.2) is 4.52 Å². The quantitative estimate of drug-likeness (QED) is 0.631. The van der Waals surface area contributed by atoms with Gasteiger partial charge in [-0.05, 0) is 6.92 Å². The Kier molecular flexibility index (Phi) is 5.91. The number of ether oxygens (including phenoxy) is 2. The van der Waals surface area contributed by atoms with Crippen LogP contribution in [0.4, 0.5) is 0 Å². The molecule has 0 saturated heterocycles. The second-order valence-corrected chi connectivity index (χ2v) is 2.91. The summed E-state index contributed by atoms with van der Waals surface area (Å²) in [4.78, 5) is 4.14. The van der Waals surface area contributed by atoms with Gasteiger partial charge >= 0.3 is 0 Å². The van der Waals surface area contributed by atoms with Crippen LogP contribution in [0.2, 0.25) is 0 Å². The van der Waals surface area contributed by atoms with E-state index in [0.717, 1.165) is 6.54 Å². The maximum Gasteiger partial charge on any atom is 0.240 e. The maximum atomic E-state index is 5.15. The fourth-order valence-corrected chi connectivity index (χ4v) is 0.983. The molecule has 0 aromatic carbocycles. The molecule has 6 heteroatoms. The van der Waals surface area contributed by atoms with E-state index in [1.165, 1.54) is 0 Å². The summed E-state index contributed by atoms with van der Waals surface area (Å²) in [5, 5.41) is 6.88. The molecule has 1 heterocycles. The molecule has 1 rings (SSSR count). The number of aromatic nitrogens is 2. The number of nitrogens with one attached hydrogen (secondary N) is 1. The minimum atomic E-state index is 0.401. The number of hydrogen-bond donors (Lipinski definition) is 1. The third-order valence-electron chi connectivity index (χ3n) is 1.70. The average Bonchev–Trinajstić information content (AvgIpc) is 2.69. The van der Waals surface area contributed by atoms with Crippen molar-refractivity contribution in [2.75, 3.05) is 26.9 Å². The zero-order valence-corrected chi connectivity index (χ0v) is 9.15. The smallest absolute Gasteiger partial charge is 0.240 e. The van der Waals surface area contributed by atoms with E-state index >= 15 is 0 Å². The second-order valence-electron chi connectivity index (χ2n) is 2.91. The SMILES string of the molecule is CCOCc1noc(CNCCOC)n1. The van der Waals surface area contributed by atoms with Crippen molar-refractivity contribution in [3.05, 3.63) is 11.7 Å². The third kappa shape index (κ3) is 4.87. The van der Waals surface area contributed by atoms with Gasteiger partial charge in [-0.2, -0.15) is 4.98 Å². The highest BCUT2D eigenvalue weighted by Gasteiger charge is 2.04. The fraction of sp³-hybridized carbons (Fsp3) is 0.778. The van der Waals surface area contributed by atoms with Gasteiger partial charge in [-0.1, -0.05) is 5.16 Å². The molecule has 0 radical (unpaired) electrons. The van der Waals surface area contributed by atoms with Crippen molar-refractivity contribution in [2.45, 2.75) is 20.1 Å². The summed E-state index contributed by atoms with van der Waals surface area (Å²) in [5.41, 5.74) is 0. The Hall–Kier alpha value is -0.980. The van der Waals surface area contributed by atoms with Gasteiger partial charge in [0.15, 0.2) is 5.82 Å². The largest absolute Gasteiger partial charge is 0.383 e. The first-order valence-corrected chi connectivity index (χ1v) is 4.95. The molecule has 0 amide bonds. The molecule has 1 N–H and O–H groups in total. The Balaban J connectivity index is 2.20. The van der Waals surface area contributed by atoms with Gasteiger partial charge in [-0.3, -0.25) is 0 Å². The van der Waals surface area contributed by atoms with Crippen LogP contribution >= 0.6 is 0 Å². The normalized spacial score (nSPS) is 10.8. The van der Waals surface area contributed by atoms with E-state index in [0.29, 0.717) is 38.1 Å². The second kappa shape index (κ2) is 7.33. The van der Waals surface area contributed by atoms with Crippen molar-refractivity contribution >= 4 is 0 Å². The standard InChI is InChI=1S/C9H17N3O3/c1-3-14-7-8-11-9(15-12-8)6-10-4-5-13-2/h10H,3-7H2,1-2H3. The van der Waals surface area contributed by atoms with Crippen molar-refractivity contribution in [1.29, 1.82) is 0 Å². The highest BCUT2D eigenvalue weighted by atomic mass is 16.5. The summed E-state index contributed by atoms with van der Waals surface area (Å²) < 4.78 is 15.0. The molecule has 15 heavy (non-hydrogen) atoms. The lowest BCUT2D eigenvalue weighted by Gasteiger charge is -1.98. The van der Waals surface area contributed by atoms with Gasteiger partial charge in [0, 0.05) is 20.3 Å². The first kappa shape index (κ1) is 12.1. The van der Waals surface area contributed by atoms with E-state index in [2.05, 4.69) is 15.5 Å². The van der Waals surface area contributed by atoms with Crippen molar-refractivity contribution < 1.29 is 14.0 Å².